The Morgan fingerprint density at radius 3 is 2.71 bits per heavy atom. The number of aromatic nitrogens is 2. The smallest absolute Gasteiger partial charge is 0.240 e. The fourth-order valence-electron chi connectivity index (χ4n) is 2.06. The van der Waals surface area contributed by atoms with Gasteiger partial charge >= 0.3 is 0 Å². The maximum absolute atomic E-state index is 5.45. The number of nitrogen functional groups attached to an aromatic ring is 1. The molecule has 0 aliphatic heterocycles. The van der Waals surface area contributed by atoms with Crippen molar-refractivity contribution in [2.45, 2.75) is 13.8 Å². The van der Waals surface area contributed by atoms with Gasteiger partial charge in [-0.25, -0.2) is 10.8 Å². The Labute approximate surface area is 134 Å². The molecule has 0 bridgehead atoms. The normalized spacial score (nSPS) is 10.9. The standard InChI is InChI=1S/C14H14BrN5S/c1-7-5-9(3-4-11(7)15)17-12-10-6-8(2)21-13(10)19-14(18-12)20-16/h3-6H,16H2,1-2H3,(H2,17,18,19,20). The van der Waals surface area contributed by atoms with E-state index in [1.165, 1.54) is 4.88 Å². The summed E-state index contributed by atoms with van der Waals surface area (Å²) in [6.07, 6.45) is 0. The molecule has 3 rings (SSSR count). The molecular weight excluding hydrogens is 350 g/mol. The van der Waals surface area contributed by atoms with Crippen LogP contribution in [0.4, 0.5) is 17.5 Å². The van der Waals surface area contributed by atoms with Gasteiger partial charge in [0.15, 0.2) is 0 Å². The minimum Gasteiger partial charge on any atom is -0.340 e. The number of benzene rings is 1. The molecule has 0 spiro atoms. The molecule has 3 aromatic rings. The fourth-order valence-corrected chi connectivity index (χ4v) is 3.19. The number of aryl methyl sites for hydroxylation is 2. The second-order valence-electron chi connectivity index (χ2n) is 4.70. The van der Waals surface area contributed by atoms with Crippen LogP contribution in [0, 0.1) is 13.8 Å². The molecule has 2 heterocycles. The summed E-state index contributed by atoms with van der Waals surface area (Å²) >= 11 is 5.12. The van der Waals surface area contributed by atoms with Crippen molar-refractivity contribution in [3.05, 3.63) is 39.2 Å². The summed E-state index contributed by atoms with van der Waals surface area (Å²) in [6.45, 7) is 4.10. The third-order valence-corrected chi connectivity index (χ3v) is 4.90. The molecule has 0 amide bonds. The molecule has 0 atom stereocenters. The number of thiophene rings is 1. The third kappa shape index (κ3) is 2.85. The summed E-state index contributed by atoms with van der Waals surface area (Å²) in [4.78, 5) is 10.9. The lowest BCUT2D eigenvalue weighted by molar-refractivity contribution is 1.16. The number of fused-ring (bicyclic) bond motifs is 1. The van der Waals surface area contributed by atoms with Crippen molar-refractivity contribution in [3.8, 4) is 0 Å². The highest BCUT2D eigenvalue weighted by Crippen LogP contribution is 2.31. The van der Waals surface area contributed by atoms with Gasteiger partial charge in [-0.2, -0.15) is 4.98 Å². The van der Waals surface area contributed by atoms with Crippen LogP contribution in [0.5, 0.6) is 0 Å². The van der Waals surface area contributed by atoms with Crippen molar-refractivity contribution in [1.29, 1.82) is 0 Å². The lowest BCUT2D eigenvalue weighted by Crippen LogP contribution is -2.11. The Morgan fingerprint density at radius 1 is 1.19 bits per heavy atom. The summed E-state index contributed by atoms with van der Waals surface area (Å²) in [5.74, 6) is 6.60. The van der Waals surface area contributed by atoms with Crippen LogP contribution in [-0.4, -0.2) is 9.97 Å². The molecule has 0 saturated heterocycles. The zero-order valence-electron chi connectivity index (χ0n) is 11.6. The summed E-state index contributed by atoms with van der Waals surface area (Å²) < 4.78 is 1.08. The van der Waals surface area contributed by atoms with E-state index in [2.05, 4.69) is 55.7 Å². The molecule has 2 aromatic heterocycles. The van der Waals surface area contributed by atoms with Gasteiger partial charge in [-0.1, -0.05) is 15.9 Å². The quantitative estimate of drug-likeness (QED) is 0.482. The fraction of sp³-hybridized carbons (Fsp3) is 0.143. The van der Waals surface area contributed by atoms with E-state index in [0.717, 1.165) is 31.8 Å². The molecule has 108 valence electrons. The zero-order chi connectivity index (χ0) is 15.0. The Kier molecular flexibility index (Phi) is 3.79. The van der Waals surface area contributed by atoms with E-state index in [1.54, 1.807) is 11.3 Å². The van der Waals surface area contributed by atoms with Gasteiger partial charge in [0.1, 0.15) is 10.6 Å². The molecule has 0 radical (unpaired) electrons. The number of hydrazine groups is 1. The van der Waals surface area contributed by atoms with Crippen LogP contribution in [0.15, 0.2) is 28.7 Å². The largest absolute Gasteiger partial charge is 0.340 e. The average Bonchev–Trinajstić information content (AvgIpc) is 2.83. The van der Waals surface area contributed by atoms with Crippen molar-refractivity contribution in [1.82, 2.24) is 9.97 Å². The van der Waals surface area contributed by atoms with Crippen LogP contribution < -0.4 is 16.6 Å². The van der Waals surface area contributed by atoms with E-state index in [1.807, 2.05) is 19.1 Å². The maximum atomic E-state index is 5.45. The molecule has 0 unspecified atom stereocenters. The summed E-state index contributed by atoms with van der Waals surface area (Å²) in [6, 6.07) is 8.15. The van der Waals surface area contributed by atoms with Crippen LogP contribution in [0.1, 0.15) is 10.4 Å². The zero-order valence-corrected chi connectivity index (χ0v) is 14.0. The molecular formula is C14H14BrN5S. The third-order valence-electron chi connectivity index (χ3n) is 3.07. The minimum atomic E-state index is 0.403. The van der Waals surface area contributed by atoms with Crippen molar-refractivity contribution in [2.75, 3.05) is 10.7 Å². The Bertz CT molecular complexity index is 814. The Morgan fingerprint density at radius 2 is 2.00 bits per heavy atom. The van der Waals surface area contributed by atoms with E-state index in [9.17, 15) is 0 Å². The number of nitrogens with zero attached hydrogens (tertiary/aromatic N) is 2. The van der Waals surface area contributed by atoms with E-state index >= 15 is 0 Å². The first-order valence-corrected chi connectivity index (χ1v) is 7.96. The first kappa shape index (κ1) is 14.2. The van der Waals surface area contributed by atoms with Gasteiger partial charge in [0.2, 0.25) is 5.95 Å². The number of rotatable bonds is 3. The molecule has 1 aromatic carbocycles. The van der Waals surface area contributed by atoms with E-state index in [0.29, 0.717) is 5.95 Å². The molecule has 0 aliphatic carbocycles. The highest BCUT2D eigenvalue weighted by atomic mass is 79.9. The molecule has 0 aliphatic rings. The molecule has 4 N–H and O–H groups in total. The number of halogens is 1. The van der Waals surface area contributed by atoms with Gasteiger partial charge in [0.25, 0.3) is 0 Å². The Hall–Kier alpha value is -1.70. The first-order valence-electron chi connectivity index (χ1n) is 6.35. The summed E-state index contributed by atoms with van der Waals surface area (Å²) in [5, 5.41) is 4.34. The van der Waals surface area contributed by atoms with Crippen molar-refractivity contribution in [2.24, 2.45) is 5.84 Å². The van der Waals surface area contributed by atoms with Crippen LogP contribution >= 0.6 is 27.3 Å². The summed E-state index contributed by atoms with van der Waals surface area (Å²) in [7, 11) is 0. The minimum absolute atomic E-state index is 0.403. The van der Waals surface area contributed by atoms with Crippen LogP contribution in [0.25, 0.3) is 10.2 Å². The van der Waals surface area contributed by atoms with Crippen LogP contribution in [0.3, 0.4) is 0 Å². The lowest BCUT2D eigenvalue weighted by atomic mass is 10.2. The maximum Gasteiger partial charge on any atom is 0.240 e. The molecule has 0 saturated carbocycles. The molecule has 7 heteroatoms. The second kappa shape index (κ2) is 5.59. The number of hydrogen-bond donors (Lipinski definition) is 3. The van der Waals surface area contributed by atoms with Gasteiger partial charge in [-0.3, -0.25) is 5.43 Å². The predicted molar refractivity (Wildman–Crippen MR) is 92.1 cm³/mol. The number of nitrogens with one attached hydrogen (secondary N) is 2. The summed E-state index contributed by atoms with van der Waals surface area (Å²) in [5.41, 5.74) is 4.64. The monoisotopic (exact) mass is 363 g/mol. The van der Waals surface area contributed by atoms with Crippen molar-refractivity contribution >= 4 is 54.9 Å². The van der Waals surface area contributed by atoms with Gasteiger partial charge in [0.05, 0.1) is 5.39 Å². The van der Waals surface area contributed by atoms with Crippen molar-refractivity contribution in [3.63, 3.8) is 0 Å². The number of hydrogen-bond acceptors (Lipinski definition) is 6. The number of nitrogens with two attached hydrogens (primary N) is 1. The average molecular weight is 364 g/mol. The van der Waals surface area contributed by atoms with Gasteiger partial charge in [-0.15, -0.1) is 11.3 Å². The number of anilines is 3. The highest BCUT2D eigenvalue weighted by molar-refractivity contribution is 9.10. The van der Waals surface area contributed by atoms with Crippen LogP contribution in [0.2, 0.25) is 0 Å². The van der Waals surface area contributed by atoms with Gasteiger partial charge in [-0.05, 0) is 43.7 Å². The van der Waals surface area contributed by atoms with Crippen molar-refractivity contribution < 1.29 is 0 Å². The lowest BCUT2D eigenvalue weighted by Gasteiger charge is -2.09. The highest BCUT2D eigenvalue weighted by Gasteiger charge is 2.10. The molecule has 5 nitrogen and oxygen atoms in total. The van der Waals surface area contributed by atoms with E-state index in [-0.39, 0.29) is 0 Å². The SMILES string of the molecule is Cc1cc2c(Nc3ccc(Br)c(C)c3)nc(NN)nc2s1. The second-order valence-corrected chi connectivity index (χ2v) is 6.79. The van der Waals surface area contributed by atoms with E-state index in [4.69, 9.17) is 5.84 Å². The van der Waals surface area contributed by atoms with E-state index < -0.39 is 0 Å². The Balaban J connectivity index is 2.07. The van der Waals surface area contributed by atoms with Crippen LogP contribution in [-0.2, 0) is 0 Å². The van der Waals surface area contributed by atoms with Gasteiger partial charge in [0, 0.05) is 15.0 Å². The first-order chi connectivity index (χ1) is 10.1. The topological polar surface area (TPSA) is 75.9 Å². The molecule has 21 heavy (non-hydrogen) atoms. The predicted octanol–water partition coefficient (Wildman–Crippen LogP) is 4.10. The molecule has 0 fully saturated rings. The van der Waals surface area contributed by atoms with Gasteiger partial charge < -0.3 is 5.32 Å².